The molecular formula is C16H20N4OS. The van der Waals surface area contributed by atoms with Gasteiger partial charge in [0.1, 0.15) is 5.03 Å². The Hall–Kier alpha value is -2.08. The topological polar surface area (TPSA) is 72.1 Å². The summed E-state index contributed by atoms with van der Waals surface area (Å²) in [4.78, 5) is 13.2. The van der Waals surface area contributed by atoms with Gasteiger partial charge in [-0.2, -0.15) is 0 Å². The van der Waals surface area contributed by atoms with Crippen LogP contribution in [0.2, 0.25) is 0 Å². The van der Waals surface area contributed by atoms with Gasteiger partial charge in [0.25, 0.3) is 0 Å². The van der Waals surface area contributed by atoms with E-state index in [0.717, 1.165) is 16.4 Å². The van der Waals surface area contributed by atoms with Crippen molar-refractivity contribution in [1.29, 1.82) is 0 Å². The van der Waals surface area contributed by atoms with Crippen molar-refractivity contribution < 1.29 is 4.79 Å². The van der Waals surface area contributed by atoms with E-state index in [2.05, 4.69) is 24.0 Å². The SMILES string of the molecule is CC(C)Sc1ccc(N(C)Cc2cccc(C(N)=O)c2)nn1. The van der Waals surface area contributed by atoms with Gasteiger partial charge >= 0.3 is 0 Å². The van der Waals surface area contributed by atoms with Crippen molar-refractivity contribution in [2.24, 2.45) is 5.73 Å². The van der Waals surface area contributed by atoms with Crippen LogP contribution in [0.4, 0.5) is 5.82 Å². The first-order chi connectivity index (χ1) is 10.5. The Morgan fingerprint density at radius 3 is 2.64 bits per heavy atom. The minimum atomic E-state index is -0.417. The summed E-state index contributed by atoms with van der Waals surface area (Å²) in [6.07, 6.45) is 0. The predicted molar refractivity (Wildman–Crippen MR) is 90.1 cm³/mol. The van der Waals surface area contributed by atoms with Gasteiger partial charge in [0.05, 0.1) is 0 Å². The molecule has 5 nitrogen and oxygen atoms in total. The highest BCUT2D eigenvalue weighted by Gasteiger charge is 2.08. The largest absolute Gasteiger partial charge is 0.366 e. The molecule has 2 N–H and O–H groups in total. The highest BCUT2D eigenvalue weighted by atomic mass is 32.2. The van der Waals surface area contributed by atoms with Crippen molar-refractivity contribution >= 4 is 23.5 Å². The van der Waals surface area contributed by atoms with Crippen LogP contribution in [0, 0.1) is 0 Å². The lowest BCUT2D eigenvalue weighted by molar-refractivity contribution is 0.1000. The van der Waals surface area contributed by atoms with Crippen molar-refractivity contribution in [3.63, 3.8) is 0 Å². The maximum atomic E-state index is 11.2. The Balaban J connectivity index is 2.07. The predicted octanol–water partition coefficient (Wildman–Crippen LogP) is 2.71. The molecule has 1 heterocycles. The number of nitrogens with two attached hydrogens (primary N) is 1. The smallest absolute Gasteiger partial charge is 0.248 e. The molecule has 0 unspecified atom stereocenters. The zero-order chi connectivity index (χ0) is 16.1. The van der Waals surface area contributed by atoms with E-state index in [1.165, 1.54) is 0 Å². The first-order valence-electron chi connectivity index (χ1n) is 7.06. The number of carbonyl (C=O) groups excluding carboxylic acids is 1. The molecule has 2 rings (SSSR count). The van der Waals surface area contributed by atoms with Crippen molar-refractivity contribution in [3.8, 4) is 0 Å². The van der Waals surface area contributed by atoms with Crippen LogP contribution in [0.25, 0.3) is 0 Å². The second kappa shape index (κ2) is 7.26. The lowest BCUT2D eigenvalue weighted by Gasteiger charge is -2.18. The van der Waals surface area contributed by atoms with Crippen LogP contribution in [0.1, 0.15) is 29.8 Å². The lowest BCUT2D eigenvalue weighted by Crippen LogP contribution is -2.19. The first-order valence-corrected chi connectivity index (χ1v) is 7.94. The number of carbonyl (C=O) groups is 1. The number of hydrogen-bond acceptors (Lipinski definition) is 5. The number of amides is 1. The van der Waals surface area contributed by atoms with Gasteiger partial charge in [-0.15, -0.1) is 22.0 Å². The Morgan fingerprint density at radius 2 is 2.05 bits per heavy atom. The molecule has 0 aliphatic rings. The Labute approximate surface area is 134 Å². The second-order valence-corrected chi connectivity index (χ2v) is 6.91. The van der Waals surface area contributed by atoms with Gasteiger partial charge in [-0.3, -0.25) is 4.79 Å². The van der Waals surface area contributed by atoms with Gasteiger partial charge in [0, 0.05) is 24.4 Å². The number of thioether (sulfide) groups is 1. The molecule has 116 valence electrons. The average Bonchev–Trinajstić information content (AvgIpc) is 2.47. The van der Waals surface area contributed by atoms with E-state index in [1.54, 1.807) is 23.9 Å². The third kappa shape index (κ3) is 4.46. The molecule has 1 aromatic carbocycles. The van der Waals surface area contributed by atoms with Crippen molar-refractivity contribution in [3.05, 3.63) is 47.5 Å². The molecule has 0 saturated carbocycles. The van der Waals surface area contributed by atoms with E-state index in [4.69, 9.17) is 5.73 Å². The zero-order valence-corrected chi connectivity index (χ0v) is 13.8. The van der Waals surface area contributed by atoms with Crippen LogP contribution in [0.15, 0.2) is 41.4 Å². The van der Waals surface area contributed by atoms with E-state index in [1.807, 2.05) is 36.2 Å². The van der Waals surface area contributed by atoms with Gasteiger partial charge in [-0.25, -0.2) is 0 Å². The molecule has 0 aliphatic heterocycles. The highest BCUT2D eigenvalue weighted by molar-refractivity contribution is 7.99. The third-order valence-electron chi connectivity index (χ3n) is 3.00. The summed E-state index contributed by atoms with van der Waals surface area (Å²) < 4.78 is 0. The molecular weight excluding hydrogens is 296 g/mol. The summed E-state index contributed by atoms with van der Waals surface area (Å²) in [5.74, 6) is 0.372. The molecule has 1 amide bonds. The Morgan fingerprint density at radius 1 is 1.27 bits per heavy atom. The molecule has 6 heteroatoms. The monoisotopic (exact) mass is 316 g/mol. The zero-order valence-electron chi connectivity index (χ0n) is 13.0. The van der Waals surface area contributed by atoms with Gasteiger partial charge in [-0.05, 0) is 29.8 Å². The van der Waals surface area contributed by atoms with Crippen LogP contribution in [-0.2, 0) is 6.54 Å². The summed E-state index contributed by atoms with van der Waals surface area (Å²) in [6, 6.07) is 11.2. The first kappa shape index (κ1) is 16.3. The van der Waals surface area contributed by atoms with Gasteiger partial charge < -0.3 is 10.6 Å². The van der Waals surface area contributed by atoms with Crippen LogP contribution >= 0.6 is 11.8 Å². The van der Waals surface area contributed by atoms with Gasteiger partial charge in [0.2, 0.25) is 5.91 Å². The molecule has 2 aromatic rings. The molecule has 0 saturated heterocycles. The lowest BCUT2D eigenvalue weighted by atomic mass is 10.1. The number of nitrogens with zero attached hydrogens (tertiary/aromatic N) is 3. The fraction of sp³-hybridized carbons (Fsp3) is 0.312. The number of rotatable bonds is 6. The molecule has 0 radical (unpaired) electrons. The third-order valence-corrected chi connectivity index (χ3v) is 3.94. The number of hydrogen-bond donors (Lipinski definition) is 1. The number of aromatic nitrogens is 2. The van der Waals surface area contributed by atoms with E-state index in [9.17, 15) is 4.79 Å². The number of benzene rings is 1. The summed E-state index contributed by atoms with van der Waals surface area (Å²) in [7, 11) is 1.94. The summed E-state index contributed by atoms with van der Waals surface area (Å²) in [5, 5.41) is 9.87. The minimum absolute atomic E-state index is 0.417. The maximum Gasteiger partial charge on any atom is 0.248 e. The van der Waals surface area contributed by atoms with Gasteiger partial charge in [0.15, 0.2) is 5.82 Å². The van der Waals surface area contributed by atoms with Crippen LogP contribution < -0.4 is 10.6 Å². The van der Waals surface area contributed by atoms with Crippen LogP contribution in [-0.4, -0.2) is 28.4 Å². The molecule has 0 bridgehead atoms. The quantitative estimate of drug-likeness (QED) is 0.830. The van der Waals surface area contributed by atoms with Gasteiger partial charge in [-0.1, -0.05) is 26.0 Å². The van der Waals surface area contributed by atoms with Crippen LogP contribution in [0.3, 0.4) is 0 Å². The molecule has 0 spiro atoms. The van der Waals surface area contributed by atoms with Crippen LogP contribution in [0.5, 0.6) is 0 Å². The van der Waals surface area contributed by atoms with E-state index in [0.29, 0.717) is 17.4 Å². The van der Waals surface area contributed by atoms with Crippen molar-refractivity contribution in [1.82, 2.24) is 10.2 Å². The molecule has 0 atom stereocenters. The molecule has 0 aliphatic carbocycles. The summed E-state index contributed by atoms with van der Waals surface area (Å²) >= 11 is 1.68. The summed E-state index contributed by atoms with van der Waals surface area (Å²) in [6.45, 7) is 4.88. The Kier molecular flexibility index (Phi) is 5.38. The molecule has 1 aromatic heterocycles. The highest BCUT2D eigenvalue weighted by Crippen LogP contribution is 2.21. The number of anilines is 1. The molecule has 0 fully saturated rings. The fourth-order valence-corrected chi connectivity index (χ4v) is 2.72. The molecule has 22 heavy (non-hydrogen) atoms. The van der Waals surface area contributed by atoms with E-state index >= 15 is 0 Å². The standard InChI is InChI=1S/C16H20N4OS/c1-11(2)22-15-8-7-14(18-19-15)20(3)10-12-5-4-6-13(9-12)16(17)21/h4-9,11H,10H2,1-3H3,(H2,17,21). The van der Waals surface area contributed by atoms with Crippen molar-refractivity contribution in [2.45, 2.75) is 30.7 Å². The fourth-order valence-electron chi connectivity index (χ4n) is 2.00. The average molecular weight is 316 g/mol. The van der Waals surface area contributed by atoms with Crippen molar-refractivity contribution in [2.75, 3.05) is 11.9 Å². The summed E-state index contributed by atoms with van der Waals surface area (Å²) in [5.41, 5.74) is 6.82. The van der Waals surface area contributed by atoms with E-state index < -0.39 is 5.91 Å². The normalized spacial score (nSPS) is 10.7. The van der Waals surface area contributed by atoms with E-state index in [-0.39, 0.29) is 0 Å². The minimum Gasteiger partial charge on any atom is -0.366 e. The number of primary amides is 1. The maximum absolute atomic E-state index is 11.2. The second-order valence-electron chi connectivity index (χ2n) is 5.32. The Bertz CT molecular complexity index is 643.